The molecule has 0 amide bonds. The van der Waals surface area contributed by atoms with Crippen molar-refractivity contribution in [3.63, 3.8) is 0 Å². The fourth-order valence-corrected chi connectivity index (χ4v) is 5.57. The van der Waals surface area contributed by atoms with Gasteiger partial charge >= 0.3 is 0 Å². The Bertz CT molecular complexity index is 1410. The van der Waals surface area contributed by atoms with Gasteiger partial charge in [-0.1, -0.05) is 49.4 Å². The average molecular weight is 543 g/mol. The molecular weight excluding hydrogens is 504 g/mol. The van der Waals surface area contributed by atoms with E-state index in [-0.39, 0.29) is 0 Å². The van der Waals surface area contributed by atoms with Gasteiger partial charge in [0.25, 0.3) is 0 Å². The molecule has 0 unspecified atom stereocenters. The van der Waals surface area contributed by atoms with Gasteiger partial charge in [0.1, 0.15) is 5.00 Å². The van der Waals surface area contributed by atoms with Crippen molar-refractivity contribution in [2.45, 2.75) is 33.2 Å². The summed E-state index contributed by atoms with van der Waals surface area (Å²) in [4.78, 5) is 14.6. The minimum absolute atomic E-state index is 0.742. The Kier molecular flexibility index (Phi) is 9.03. The van der Waals surface area contributed by atoms with Crippen molar-refractivity contribution in [2.75, 3.05) is 45.1 Å². The highest BCUT2D eigenvalue weighted by atomic mass is 32.1. The second-order valence-electron chi connectivity index (χ2n) is 9.93. The van der Waals surface area contributed by atoms with Crippen molar-refractivity contribution < 1.29 is 0 Å². The predicted molar refractivity (Wildman–Crippen MR) is 161 cm³/mol. The van der Waals surface area contributed by atoms with Gasteiger partial charge in [0, 0.05) is 64.3 Å². The molecule has 0 spiro atoms. The fraction of sp³-hybridized carbons (Fsp3) is 0.367. The van der Waals surface area contributed by atoms with Gasteiger partial charge in [0.15, 0.2) is 11.5 Å². The molecule has 39 heavy (non-hydrogen) atoms. The maximum absolute atomic E-state index is 4.77. The summed E-state index contributed by atoms with van der Waals surface area (Å²) in [5.41, 5.74) is 6.31. The molecule has 1 aromatic carbocycles. The lowest BCUT2D eigenvalue weighted by Gasteiger charge is -2.34. The topological polar surface area (TPSA) is 73.6 Å². The van der Waals surface area contributed by atoms with Gasteiger partial charge in [-0.15, -0.1) is 0 Å². The third-order valence-corrected chi connectivity index (χ3v) is 7.69. The summed E-state index contributed by atoms with van der Waals surface area (Å²) in [6.45, 7) is 10.5. The van der Waals surface area contributed by atoms with Crippen LogP contribution in [0.3, 0.4) is 0 Å². The number of allylic oxidation sites excluding steroid dienone is 3. The normalized spacial score (nSPS) is 15.4. The van der Waals surface area contributed by atoms with E-state index in [0.29, 0.717) is 0 Å². The number of aryl methyl sites for hydroxylation is 1. The quantitative estimate of drug-likeness (QED) is 0.255. The highest BCUT2D eigenvalue weighted by Gasteiger charge is 2.18. The Morgan fingerprint density at radius 3 is 2.67 bits per heavy atom. The van der Waals surface area contributed by atoms with E-state index < -0.39 is 0 Å². The molecule has 4 heterocycles. The smallest absolute Gasteiger partial charge is 0.180 e. The molecule has 0 saturated carbocycles. The van der Waals surface area contributed by atoms with Gasteiger partial charge in [0.05, 0.1) is 23.3 Å². The van der Waals surface area contributed by atoms with E-state index in [9.17, 15) is 0 Å². The van der Waals surface area contributed by atoms with Crippen LogP contribution in [0.5, 0.6) is 0 Å². The highest BCUT2D eigenvalue weighted by molar-refractivity contribution is 7.10. The Hall–Kier alpha value is -3.53. The molecule has 2 N–H and O–H groups in total. The van der Waals surface area contributed by atoms with Crippen molar-refractivity contribution in [1.29, 1.82) is 0 Å². The van der Waals surface area contributed by atoms with E-state index in [1.807, 2.05) is 32.6 Å². The zero-order valence-electron chi connectivity index (χ0n) is 23.1. The fourth-order valence-electron chi connectivity index (χ4n) is 4.91. The molecule has 8 nitrogen and oxygen atoms in total. The van der Waals surface area contributed by atoms with E-state index >= 15 is 0 Å². The number of aromatic nitrogens is 4. The van der Waals surface area contributed by atoms with E-state index in [2.05, 4.69) is 80.3 Å². The summed E-state index contributed by atoms with van der Waals surface area (Å²) in [5, 5.41) is 7.62. The lowest BCUT2D eigenvalue weighted by atomic mass is 10.1. The largest absolute Gasteiger partial charge is 0.393 e. The SMILES string of the molecule is CC/C=C/C(=C\NC)c1cnc2c(Nc3cc(CN4CCN(CCc5ccccc5)CC4)ns3)nc(C)cn12. The highest BCUT2D eigenvalue weighted by Crippen LogP contribution is 2.27. The number of nitrogens with zero attached hydrogens (tertiary/aromatic N) is 6. The molecule has 1 saturated heterocycles. The number of imidazole rings is 1. The second-order valence-corrected chi connectivity index (χ2v) is 10.7. The zero-order valence-corrected chi connectivity index (χ0v) is 23.9. The molecule has 0 radical (unpaired) electrons. The third-order valence-electron chi connectivity index (χ3n) is 6.95. The molecule has 0 bridgehead atoms. The Balaban J connectivity index is 1.21. The van der Waals surface area contributed by atoms with Crippen LogP contribution in [0.25, 0.3) is 11.2 Å². The Labute approximate surface area is 235 Å². The van der Waals surface area contributed by atoms with Crippen LogP contribution in [-0.4, -0.2) is 68.3 Å². The van der Waals surface area contributed by atoms with Crippen molar-refractivity contribution in [3.8, 4) is 0 Å². The van der Waals surface area contributed by atoms with Gasteiger partial charge in [-0.2, -0.15) is 4.37 Å². The standard InChI is InChI=1S/C30H38N8S/c1-4-5-11-25(19-31-3)27-20-32-30-29(33-23(2)21-38(27)30)34-28-18-26(35-39-28)22-37-16-14-36(15-17-37)13-12-24-9-7-6-8-10-24/h5-11,18-21,31H,4,12-17,22H2,1-3H3,(H,33,34)/b11-5+,25-19+. The molecule has 1 fully saturated rings. The average Bonchev–Trinajstić information content (AvgIpc) is 3.58. The Morgan fingerprint density at radius 2 is 1.90 bits per heavy atom. The van der Waals surface area contributed by atoms with Gasteiger partial charge in [-0.25, -0.2) is 9.97 Å². The van der Waals surface area contributed by atoms with E-state index in [0.717, 1.165) is 91.2 Å². The van der Waals surface area contributed by atoms with Crippen molar-refractivity contribution >= 4 is 33.6 Å². The number of hydrogen-bond acceptors (Lipinski definition) is 8. The summed E-state index contributed by atoms with van der Waals surface area (Å²) in [6.07, 6.45) is 12.3. The van der Waals surface area contributed by atoms with Crippen molar-refractivity contribution in [2.24, 2.45) is 0 Å². The third kappa shape index (κ3) is 6.92. The first-order valence-corrected chi connectivity index (χ1v) is 14.5. The first-order chi connectivity index (χ1) is 19.1. The van der Waals surface area contributed by atoms with E-state index in [4.69, 9.17) is 14.3 Å². The summed E-state index contributed by atoms with van der Waals surface area (Å²) < 4.78 is 6.84. The van der Waals surface area contributed by atoms with E-state index in [1.165, 1.54) is 17.1 Å². The summed E-state index contributed by atoms with van der Waals surface area (Å²) in [6, 6.07) is 12.9. The van der Waals surface area contributed by atoms with Crippen LogP contribution in [0, 0.1) is 6.92 Å². The number of anilines is 2. The number of rotatable bonds is 11. The molecule has 1 aliphatic rings. The monoisotopic (exact) mass is 542 g/mol. The number of benzene rings is 1. The molecule has 9 heteroatoms. The van der Waals surface area contributed by atoms with E-state index in [1.54, 1.807) is 0 Å². The van der Waals surface area contributed by atoms with Gasteiger partial charge in [-0.05, 0) is 42.9 Å². The molecule has 5 rings (SSSR count). The maximum atomic E-state index is 4.77. The molecule has 204 valence electrons. The maximum Gasteiger partial charge on any atom is 0.180 e. The lowest BCUT2D eigenvalue weighted by Crippen LogP contribution is -2.46. The van der Waals surface area contributed by atoms with Crippen molar-refractivity contribution in [3.05, 3.63) is 89.8 Å². The number of nitrogens with one attached hydrogen (secondary N) is 2. The van der Waals surface area contributed by atoms with Gasteiger partial charge < -0.3 is 15.5 Å². The zero-order chi connectivity index (χ0) is 27.0. The van der Waals surface area contributed by atoms with Crippen molar-refractivity contribution in [1.82, 2.24) is 33.9 Å². The first-order valence-electron chi connectivity index (χ1n) is 13.7. The summed E-state index contributed by atoms with van der Waals surface area (Å²) in [7, 11) is 1.91. The van der Waals surface area contributed by atoms with Gasteiger partial charge in [-0.3, -0.25) is 9.30 Å². The minimum atomic E-state index is 0.742. The number of fused-ring (bicyclic) bond motifs is 1. The molecule has 4 aromatic rings. The van der Waals surface area contributed by atoms with Crippen LogP contribution in [0.15, 0.2) is 67.1 Å². The summed E-state index contributed by atoms with van der Waals surface area (Å²) >= 11 is 1.48. The molecule has 0 aliphatic carbocycles. The molecule has 3 aromatic heterocycles. The molecular formula is C30H38N8S. The van der Waals surface area contributed by atoms with Crippen LogP contribution in [0.1, 0.15) is 36.0 Å². The minimum Gasteiger partial charge on any atom is -0.393 e. The van der Waals surface area contributed by atoms with Crippen LogP contribution in [0.2, 0.25) is 0 Å². The predicted octanol–water partition coefficient (Wildman–Crippen LogP) is 5.12. The lowest BCUT2D eigenvalue weighted by molar-refractivity contribution is 0.127. The Morgan fingerprint density at radius 1 is 1.10 bits per heavy atom. The number of hydrogen-bond donors (Lipinski definition) is 2. The van der Waals surface area contributed by atoms with Crippen LogP contribution in [0.4, 0.5) is 10.8 Å². The summed E-state index contributed by atoms with van der Waals surface area (Å²) in [5.74, 6) is 0.742. The van der Waals surface area contributed by atoms with Crippen LogP contribution in [-0.2, 0) is 13.0 Å². The second kappa shape index (κ2) is 13.0. The first kappa shape index (κ1) is 27.1. The van der Waals surface area contributed by atoms with Crippen LogP contribution < -0.4 is 10.6 Å². The van der Waals surface area contributed by atoms with Gasteiger partial charge in [0.2, 0.25) is 0 Å². The molecule has 1 aliphatic heterocycles. The molecule has 0 atom stereocenters. The van der Waals surface area contributed by atoms with Crippen LogP contribution >= 0.6 is 11.5 Å². The number of piperazine rings is 1.